The van der Waals surface area contributed by atoms with Gasteiger partial charge in [-0.25, -0.2) is 0 Å². The van der Waals surface area contributed by atoms with Gasteiger partial charge in [-0.15, -0.1) is 0 Å². The molecule has 0 aliphatic heterocycles. The van der Waals surface area contributed by atoms with Gasteiger partial charge < -0.3 is 5.11 Å². The standard InChI is InChI=1S/C16H30O2/c1-3-5-7-8-10-14-12-16(13-17,15(14)18)11-9-6-4-2/h14,17H,3-13H2,1-2H3. The van der Waals surface area contributed by atoms with Crippen LogP contribution in [-0.4, -0.2) is 17.5 Å². The molecule has 0 aromatic rings. The molecule has 0 bridgehead atoms. The monoisotopic (exact) mass is 254 g/mol. The zero-order valence-electron chi connectivity index (χ0n) is 12.2. The Morgan fingerprint density at radius 1 is 1.11 bits per heavy atom. The molecule has 1 fully saturated rings. The van der Waals surface area contributed by atoms with Gasteiger partial charge in [-0.05, 0) is 19.3 Å². The molecule has 2 heteroatoms. The smallest absolute Gasteiger partial charge is 0.144 e. The lowest BCUT2D eigenvalue weighted by Gasteiger charge is -2.45. The van der Waals surface area contributed by atoms with Crippen molar-refractivity contribution in [2.75, 3.05) is 6.61 Å². The van der Waals surface area contributed by atoms with Crippen molar-refractivity contribution in [2.24, 2.45) is 11.3 Å². The summed E-state index contributed by atoms with van der Waals surface area (Å²) < 4.78 is 0. The highest BCUT2D eigenvalue weighted by atomic mass is 16.3. The fraction of sp³-hybridized carbons (Fsp3) is 0.938. The fourth-order valence-corrected chi connectivity index (χ4v) is 3.18. The van der Waals surface area contributed by atoms with E-state index in [9.17, 15) is 9.90 Å². The second kappa shape index (κ2) is 7.93. The molecule has 106 valence electrons. The first-order chi connectivity index (χ1) is 8.70. The maximum Gasteiger partial charge on any atom is 0.144 e. The number of ketones is 1. The Kier molecular flexibility index (Phi) is 6.91. The highest BCUT2D eigenvalue weighted by molar-refractivity contribution is 5.93. The molecule has 18 heavy (non-hydrogen) atoms. The van der Waals surface area contributed by atoms with Gasteiger partial charge in [0, 0.05) is 5.92 Å². The first-order valence-electron chi connectivity index (χ1n) is 7.85. The number of hydrogen-bond donors (Lipinski definition) is 1. The molecule has 0 amide bonds. The second-order valence-corrected chi connectivity index (χ2v) is 6.01. The van der Waals surface area contributed by atoms with E-state index in [4.69, 9.17) is 0 Å². The van der Waals surface area contributed by atoms with Gasteiger partial charge in [-0.3, -0.25) is 4.79 Å². The fourth-order valence-electron chi connectivity index (χ4n) is 3.18. The van der Waals surface area contributed by atoms with Crippen molar-refractivity contribution in [3.63, 3.8) is 0 Å². The number of hydrogen-bond acceptors (Lipinski definition) is 2. The molecule has 0 saturated heterocycles. The number of rotatable bonds is 10. The van der Waals surface area contributed by atoms with E-state index in [2.05, 4.69) is 13.8 Å². The molecule has 0 radical (unpaired) electrons. The first kappa shape index (κ1) is 15.7. The minimum atomic E-state index is -0.343. The molecule has 1 rings (SSSR count). The van der Waals surface area contributed by atoms with Crippen molar-refractivity contribution in [1.82, 2.24) is 0 Å². The van der Waals surface area contributed by atoms with Crippen LogP contribution in [0.15, 0.2) is 0 Å². The normalized spacial score (nSPS) is 27.3. The van der Waals surface area contributed by atoms with E-state index in [1.54, 1.807) is 0 Å². The second-order valence-electron chi connectivity index (χ2n) is 6.01. The Hall–Kier alpha value is -0.370. The van der Waals surface area contributed by atoms with Gasteiger partial charge in [0.2, 0.25) is 0 Å². The third kappa shape index (κ3) is 3.81. The number of carbonyl (C=O) groups is 1. The highest BCUT2D eigenvalue weighted by Gasteiger charge is 2.51. The van der Waals surface area contributed by atoms with Gasteiger partial charge in [-0.1, -0.05) is 58.8 Å². The van der Waals surface area contributed by atoms with Crippen molar-refractivity contribution in [1.29, 1.82) is 0 Å². The molecule has 0 aromatic heterocycles. The molecule has 0 spiro atoms. The Balaban J connectivity index is 2.27. The summed E-state index contributed by atoms with van der Waals surface area (Å²) in [5.41, 5.74) is -0.343. The van der Waals surface area contributed by atoms with Crippen molar-refractivity contribution >= 4 is 5.78 Å². The molecule has 2 unspecified atom stereocenters. The summed E-state index contributed by atoms with van der Waals surface area (Å²) in [4.78, 5) is 12.2. The van der Waals surface area contributed by atoms with Crippen LogP contribution >= 0.6 is 0 Å². The van der Waals surface area contributed by atoms with Gasteiger partial charge >= 0.3 is 0 Å². The third-order valence-electron chi connectivity index (χ3n) is 4.50. The van der Waals surface area contributed by atoms with Gasteiger partial charge in [0.1, 0.15) is 5.78 Å². The van der Waals surface area contributed by atoms with Crippen molar-refractivity contribution in [3.8, 4) is 0 Å². The highest BCUT2D eigenvalue weighted by Crippen LogP contribution is 2.47. The summed E-state index contributed by atoms with van der Waals surface area (Å²) in [5.74, 6) is 0.619. The van der Waals surface area contributed by atoms with E-state index in [0.29, 0.717) is 5.78 Å². The number of unbranched alkanes of at least 4 members (excludes halogenated alkanes) is 5. The van der Waals surface area contributed by atoms with Gasteiger partial charge in [-0.2, -0.15) is 0 Å². The lowest BCUT2D eigenvalue weighted by molar-refractivity contribution is -0.151. The molecular formula is C16H30O2. The van der Waals surface area contributed by atoms with Gasteiger partial charge in [0.15, 0.2) is 0 Å². The molecule has 0 aromatic carbocycles. The van der Waals surface area contributed by atoms with Crippen LogP contribution in [0.4, 0.5) is 0 Å². The Morgan fingerprint density at radius 3 is 2.33 bits per heavy atom. The van der Waals surface area contributed by atoms with Crippen LogP contribution < -0.4 is 0 Å². The molecule has 1 N–H and O–H groups in total. The lowest BCUT2D eigenvalue weighted by Crippen LogP contribution is -2.51. The molecule has 1 aliphatic rings. The third-order valence-corrected chi connectivity index (χ3v) is 4.50. The Morgan fingerprint density at radius 2 is 1.78 bits per heavy atom. The largest absolute Gasteiger partial charge is 0.395 e. The number of carbonyl (C=O) groups excluding carboxylic acids is 1. The van der Waals surface area contributed by atoms with E-state index >= 15 is 0 Å². The minimum absolute atomic E-state index is 0.0704. The maximum atomic E-state index is 12.2. The maximum absolute atomic E-state index is 12.2. The van der Waals surface area contributed by atoms with E-state index in [0.717, 1.165) is 25.7 Å². The predicted molar refractivity (Wildman–Crippen MR) is 75.5 cm³/mol. The summed E-state index contributed by atoms with van der Waals surface area (Å²) in [7, 11) is 0. The van der Waals surface area contributed by atoms with Crippen LogP contribution in [0.25, 0.3) is 0 Å². The van der Waals surface area contributed by atoms with Crippen LogP contribution in [0, 0.1) is 11.3 Å². The SMILES string of the molecule is CCCCCCC1CC(CO)(CCCCC)C1=O. The summed E-state index contributed by atoms with van der Waals surface area (Å²) in [6.45, 7) is 4.45. The van der Waals surface area contributed by atoms with Gasteiger partial charge in [0.05, 0.1) is 12.0 Å². The minimum Gasteiger partial charge on any atom is -0.395 e. The van der Waals surface area contributed by atoms with Crippen LogP contribution in [0.1, 0.15) is 78.1 Å². The summed E-state index contributed by atoms with van der Waals surface area (Å²) in [5, 5.41) is 9.51. The predicted octanol–water partition coefficient (Wildman–Crippen LogP) is 4.10. The van der Waals surface area contributed by atoms with E-state index in [1.165, 1.54) is 38.5 Å². The van der Waals surface area contributed by atoms with E-state index < -0.39 is 0 Å². The average Bonchev–Trinajstić information content (AvgIpc) is 2.39. The molecule has 2 atom stereocenters. The van der Waals surface area contributed by atoms with Crippen molar-refractivity contribution < 1.29 is 9.90 Å². The van der Waals surface area contributed by atoms with E-state index in [1.807, 2.05) is 0 Å². The summed E-state index contributed by atoms with van der Waals surface area (Å²) in [6.07, 6.45) is 11.3. The van der Waals surface area contributed by atoms with Gasteiger partial charge in [0.25, 0.3) is 0 Å². The molecule has 0 heterocycles. The van der Waals surface area contributed by atoms with Crippen molar-refractivity contribution in [3.05, 3.63) is 0 Å². The number of aliphatic hydroxyl groups excluding tert-OH is 1. The van der Waals surface area contributed by atoms with Crippen LogP contribution in [0.2, 0.25) is 0 Å². The number of Topliss-reactive ketones (excluding diaryl/α,β-unsaturated/α-hetero) is 1. The molecule has 1 saturated carbocycles. The molecule has 1 aliphatic carbocycles. The van der Waals surface area contributed by atoms with Crippen LogP contribution in [0.3, 0.4) is 0 Å². The Bertz CT molecular complexity index is 249. The number of aliphatic hydroxyl groups is 1. The zero-order chi connectivity index (χ0) is 13.4. The lowest BCUT2D eigenvalue weighted by atomic mass is 9.58. The first-order valence-corrected chi connectivity index (χ1v) is 7.85. The van der Waals surface area contributed by atoms with Crippen LogP contribution in [-0.2, 0) is 4.79 Å². The Labute approximate surface area is 112 Å². The molecular weight excluding hydrogens is 224 g/mol. The summed E-state index contributed by atoms with van der Waals surface area (Å²) >= 11 is 0. The molecule has 2 nitrogen and oxygen atoms in total. The summed E-state index contributed by atoms with van der Waals surface area (Å²) in [6, 6.07) is 0. The van der Waals surface area contributed by atoms with E-state index in [-0.39, 0.29) is 17.9 Å². The average molecular weight is 254 g/mol. The topological polar surface area (TPSA) is 37.3 Å². The van der Waals surface area contributed by atoms with Crippen LogP contribution in [0.5, 0.6) is 0 Å². The van der Waals surface area contributed by atoms with Crippen molar-refractivity contribution in [2.45, 2.75) is 78.1 Å². The zero-order valence-corrected chi connectivity index (χ0v) is 12.2. The quantitative estimate of drug-likeness (QED) is 0.596.